The number of hydrogen-bond acceptors (Lipinski definition) is 6. The molecule has 0 aromatic heterocycles. The molecule has 1 unspecified atom stereocenters. The van der Waals surface area contributed by atoms with Crippen LogP contribution in [-0.4, -0.2) is 40.7 Å². The maximum absolute atomic E-state index is 13.3. The number of carboxylic acids is 1. The number of benzene rings is 2. The first-order chi connectivity index (χ1) is 15.8. The van der Waals surface area contributed by atoms with Gasteiger partial charge < -0.3 is 14.6 Å². The molecule has 0 bridgehead atoms. The average molecular weight is 469 g/mol. The van der Waals surface area contributed by atoms with Gasteiger partial charge in [-0.25, -0.2) is 4.79 Å². The molecule has 2 aromatic carbocycles. The Kier molecular flexibility index (Phi) is 7.44. The lowest BCUT2D eigenvalue weighted by Gasteiger charge is -2.30. The number of anilines is 1. The molecule has 1 atom stereocenters. The number of para-hydroxylation sites is 1. The summed E-state index contributed by atoms with van der Waals surface area (Å²) >= 11 is 5.28. The highest BCUT2D eigenvalue weighted by Gasteiger charge is 2.35. The Hall–Kier alpha value is -3.72. The van der Waals surface area contributed by atoms with Crippen LogP contribution in [0.2, 0.25) is 0 Å². The van der Waals surface area contributed by atoms with Crippen molar-refractivity contribution in [2.24, 2.45) is 0 Å². The summed E-state index contributed by atoms with van der Waals surface area (Å²) < 4.78 is 11.0. The SMILES string of the molecule is CCOc1cc(C=C2C(=O)NC(=S)N(c3ccccc3CC)C2=O)ccc1OC(C)C(=O)O. The van der Waals surface area contributed by atoms with Gasteiger partial charge in [0.15, 0.2) is 22.7 Å². The molecule has 1 aliphatic heterocycles. The highest BCUT2D eigenvalue weighted by molar-refractivity contribution is 7.80. The van der Waals surface area contributed by atoms with Crippen LogP contribution < -0.4 is 19.7 Å². The van der Waals surface area contributed by atoms with Gasteiger partial charge in [-0.15, -0.1) is 0 Å². The number of carboxylic acid groups (broad SMARTS) is 1. The van der Waals surface area contributed by atoms with E-state index in [0.717, 1.165) is 5.56 Å². The van der Waals surface area contributed by atoms with Crippen molar-refractivity contribution in [1.82, 2.24) is 5.32 Å². The summed E-state index contributed by atoms with van der Waals surface area (Å²) in [6.07, 6.45) is 1.05. The second-order valence-corrected chi connectivity index (χ2v) is 7.56. The van der Waals surface area contributed by atoms with Crippen molar-refractivity contribution in [1.29, 1.82) is 0 Å². The number of thiocarbonyl (C=S) groups is 1. The maximum atomic E-state index is 13.3. The molecule has 1 heterocycles. The third-order valence-corrected chi connectivity index (χ3v) is 5.23. The number of nitrogens with one attached hydrogen (secondary N) is 1. The van der Waals surface area contributed by atoms with Crippen molar-refractivity contribution in [3.63, 3.8) is 0 Å². The van der Waals surface area contributed by atoms with Crippen LogP contribution in [0.15, 0.2) is 48.0 Å². The van der Waals surface area contributed by atoms with E-state index >= 15 is 0 Å². The molecule has 2 aromatic rings. The van der Waals surface area contributed by atoms with Crippen LogP contribution in [0, 0.1) is 0 Å². The van der Waals surface area contributed by atoms with Crippen molar-refractivity contribution in [2.45, 2.75) is 33.3 Å². The highest BCUT2D eigenvalue weighted by atomic mass is 32.1. The summed E-state index contributed by atoms with van der Waals surface area (Å²) in [6.45, 7) is 5.46. The van der Waals surface area contributed by atoms with Crippen LogP contribution in [0.1, 0.15) is 31.9 Å². The molecule has 0 radical (unpaired) electrons. The first kappa shape index (κ1) is 23.9. The topological polar surface area (TPSA) is 105 Å². The fraction of sp³-hybridized carbons (Fsp3) is 0.250. The zero-order chi connectivity index (χ0) is 24.1. The van der Waals surface area contributed by atoms with Gasteiger partial charge >= 0.3 is 5.97 Å². The Morgan fingerprint density at radius 3 is 2.58 bits per heavy atom. The van der Waals surface area contributed by atoms with E-state index in [-0.39, 0.29) is 16.4 Å². The standard InChI is InChI=1S/C24H24N2O6S/c1-4-16-8-6-7-9-18(16)26-22(28)17(21(27)25-24(26)33)12-15-10-11-19(20(13-15)31-5-2)32-14(3)23(29)30/h6-14H,4-5H2,1-3H3,(H,29,30)(H,25,27,33). The lowest BCUT2D eigenvalue weighted by molar-refractivity contribution is -0.144. The molecule has 9 heteroatoms. The van der Waals surface area contributed by atoms with Gasteiger partial charge in [0.1, 0.15) is 5.57 Å². The molecule has 33 heavy (non-hydrogen) atoms. The predicted octanol–water partition coefficient (Wildman–Crippen LogP) is 3.33. The maximum Gasteiger partial charge on any atom is 0.344 e. The second kappa shape index (κ2) is 10.3. The molecular weight excluding hydrogens is 444 g/mol. The molecule has 3 rings (SSSR count). The molecule has 0 aliphatic carbocycles. The van der Waals surface area contributed by atoms with E-state index in [9.17, 15) is 14.4 Å². The van der Waals surface area contributed by atoms with Crippen molar-refractivity contribution in [2.75, 3.05) is 11.5 Å². The summed E-state index contributed by atoms with van der Waals surface area (Å²) in [7, 11) is 0. The Labute approximate surface area is 196 Å². The Bertz CT molecular complexity index is 1140. The molecule has 8 nitrogen and oxygen atoms in total. The number of nitrogens with zero attached hydrogens (tertiary/aromatic N) is 1. The molecule has 1 fully saturated rings. The van der Waals surface area contributed by atoms with E-state index in [1.54, 1.807) is 31.2 Å². The fourth-order valence-corrected chi connectivity index (χ4v) is 3.57. The van der Waals surface area contributed by atoms with Crippen LogP contribution >= 0.6 is 12.2 Å². The normalized spacial score (nSPS) is 15.9. The van der Waals surface area contributed by atoms with Gasteiger partial charge in [0, 0.05) is 0 Å². The summed E-state index contributed by atoms with van der Waals surface area (Å²) in [5.74, 6) is -1.72. The fourth-order valence-electron chi connectivity index (χ4n) is 3.29. The van der Waals surface area contributed by atoms with Crippen molar-refractivity contribution >= 4 is 46.9 Å². The van der Waals surface area contributed by atoms with E-state index in [4.69, 9.17) is 26.8 Å². The van der Waals surface area contributed by atoms with Gasteiger partial charge in [0.25, 0.3) is 11.8 Å². The van der Waals surface area contributed by atoms with Crippen molar-refractivity contribution in [3.8, 4) is 11.5 Å². The number of amides is 2. The van der Waals surface area contributed by atoms with E-state index in [0.29, 0.717) is 30.0 Å². The minimum atomic E-state index is -1.11. The van der Waals surface area contributed by atoms with Crippen LogP contribution in [0.3, 0.4) is 0 Å². The minimum absolute atomic E-state index is 0.0180. The van der Waals surface area contributed by atoms with Crippen molar-refractivity contribution in [3.05, 3.63) is 59.2 Å². The smallest absolute Gasteiger partial charge is 0.344 e. The zero-order valence-corrected chi connectivity index (χ0v) is 19.3. The largest absolute Gasteiger partial charge is 0.490 e. The van der Waals surface area contributed by atoms with E-state index < -0.39 is 23.9 Å². The molecule has 172 valence electrons. The lowest BCUT2D eigenvalue weighted by Crippen LogP contribution is -2.54. The molecular formula is C24H24N2O6S. The predicted molar refractivity (Wildman–Crippen MR) is 127 cm³/mol. The van der Waals surface area contributed by atoms with E-state index in [2.05, 4.69) is 5.32 Å². The van der Waals surface area contributed by atoms with Crippen LogP contribution in [0.4, 0.5) is 5.69 Å². The summed E-state index contributed by atoms with van der Waals surface area (Å²) in [5, 5.41) is 11.7. The molecule has 1 aliphatic rings. The average Bonchev–Trinajstić information content (AvgIpc) is 2.78. The number of aryl methyl sites for hydroxylation is 1. The molecule has 2 N–H and O–H groups in total. The Morgan fingerprint density at radius 2 is 1.91 bits per heavy atom. The lowest BCUT2D eigenvalue weighted by atomic mass is 10.0. The van der Waals surface area contributed by atoms with Gasteiger partial charge in [0.2, 0.25) is 0 Å². The summed E-state index contributed by atoms with van der Waals surface area (Å²) in [6, 6.07) is 12.1. The van der Waals surface area contributed by atoms with Gasteiger partial charge in [-0.2, -0.15) is 0 Å². The third kappa shape index (κ3) is 5.20. The van der Waals surface area contributed by atoms with Crippen LogP contribution in [-0.2, 0) is 20.8 Å². The third-order valence-electron chi connectivity index (χ3n) is 4.95. The number of aliphatic carboxylic acids is 1. The summed E-state index contributed by atoms with van der Waals surface area (Å²) in [4.78, 5) is 38.4. The number of hydrogen-bond donors (Lipinski definition) is 2. The molecule has 1 saturated heterocycles. The first-order valence-corrected chi connectivity index (χ1v) is 10.8. The zero-order valence-electron chi connectivity index (χ0n) is 18.5. The van der Waals surface area contributed by atoms with Crippen LogP contribution in [0.25, 0.3) is 6.08 Å². The Morgan fingerprint density at radius 1 is 1.18 bits per heavy atom. The Balaban J connectivity index is 1.99. The molecule has 2 amide bonds. The van der Waals surface area contributed by atoms with E-state index in [1.807, 2.05) is 19.1 Å². The minimum Gasteiger partial charge on any atom is -0.490 e. The van der Waals surface area contributed by atoms with Crippen LogP contribution in [0.5, 0.6) is 11.5 Å². The number of carbonyl (C=O) groups is 3. The van der Waals surface area contributed by atoms with Crippen molar-refractivity contribution < 1.29 is 29.0 Å². The highest BCUT2D eigenvalue weighted by Crippen LogP contribution is 2.31. The van der Waals surface area contributed by atoms with Gasteiger partial charge in [0.05, 0.1) is 12.3 Å². The molecule has 0 saturated carbocycles. The molecule has 0 spiro atoms. The number of rotatable bonds is 8. The van der Waals surface area contributed by atoms with Gasteiger partial charge in [-0.3, -0.25) is 19.8 Å². The van der Waals surface area contributed by atoms with Gasteiger partial charge in [-0.05, 0) is 67.9 Å². The number of carbonyl (C=O) groups excluding carboxylic acids is 2. The van der Waals surface area contributed by atoms with E-state index in [1.165, 1.54) is 24.0 Å². The number of ether oxygens (including phenoxy) is 2. The second-order valence-electron chi connectivity index (χ2n) is 7.18. The van der Waals surface area contributed by atoms with Gasteiger partial charge in [-0.1, -0.05) is 31.2 Å². The summed E-state index contributed by atoms with van der Waals surface area (Å²) in [5.41, 5.74) is 1.94. The first-order valence-electron chi connectivity index (χ1n) is 10.4. The monoisotopic (exact) mass is 468 g/mol. The quantitative estimate of drug-likeness (QED) is 0.348.